The first-order valence-corrected chi connectivity index (χ1v) is 12.8. The second kappa shape index (κ2) is 10.1. The van der Waals surface area contributed by atoms with Gasteiger partial charge in [-0.3, -0.25) is 9.10 Å². The van der Waals surface area contributed by atoms with Crippen LogP contribution >= 0.6 is 23.2 Å². The van der Waals surface area contributed by atoms with E-state index in [4.69, 9.17) is 23.2 Å². The summed E-state index contributed by atoms with van der Waals surface area (Å²) in [5.41, 5.74) is 2.29. The maximum Gasteiger partial charge on any atom is 0.243 e. The predicted molar refractivity (Wildman–Crippen MR) is 128 cm³/mol. The number of amides is 1. The van der Waals surface area contributed by atoms with E-state index in [1.807, 2.05) is 12.1 Å². The average Bonchev–Trinajstić information content (AvgIpc) is 2.74. The number of halogens is 2. The molecule has 2 aromatic rings. The molecule has 0 spiro atoms. The number of carbonyl (C=O) groups is 1. The summed E-state index contributed by atoms with van der Waals surface area (Å²) in [6, 6.07) is 11.6. The van der Waals surface area contributed by atoms with Crippen molar-refractivity contribution < 1.29 is 13.2 Å². The van der Waals surface area contributed by atoms with Crippen LogP contribution in [-0.4, -0.2) is 39.7 Å². The molecule has 9 heteroatoms. The Labute approximate surface area is 194 Å². The first kappa shape index (κ1) is 23.7. The monoisotopic (exact) mass is 483 g/mol. The van der Waals surface area contributed by atoms with Crippen molar-refractivity contribution in [1.29, 1.82) is 0 Å². The van der Waals surface area contributed by atoms with E-state index < -0.39 is 22.0 Å². The van der Waals surface area contributed by atoms with Gasteiger partial charge in [0.1, 0.15) is 6.04 Å². The number of piperidine rings is 1. The molecule has 0 bridgehead atoms. The maximum atomic E-state index is 12.8. The highest BCUT2D eigenvalue weighted by atomic mass is 35.5. The van der Waals surface area contributed by atoms with Crippen LogP contribution in [-0.2, 0) is 21.4 Å². The molecule has 3 rings (SSSR count). The molecule has 1 atom stereocenters. The Bertz CT molecular complexity index is 1020. The van der Waals surface area contributed by atoms with E-state index in [1.165, 1.54) is 44.0 Å². The Morgan fingerprint density at radius 2 is 1.74 bits per heavy atom. The second-order valence-electron chi connectivity index (χ2n) is 7.76. The smallest absolute Gasteiger partial charge is 0.243 e. The quantitative estimate of drug-likeness (QED) is 0.631. The fraction of sp³-hybridized carbons (Fsp3) is 0.409. The summed E-state index contributed by atoms with van der Waals surface area (Å²) in [5.74, 6) is -0.429. The van der Waals surface area contributed by atoms with Crippen LogP contribution in [0.4, 0.5) is 11.4 Å². The molecule has 0 radical (unpaired) electrons. The molecular formula is C22H27Cl2N3O3S. The van der Waals surface area contributed by atoms with Crippen molar-refractivity contribution >= 4 is 50.5 Å². The van der Waals surface area contributed by atoms with Gasteiger partial charge in [0.2, 0.25) is 15.9 Å². The number of nitrogens with one attached hydrogen (secondary N) is 1. The third-order valence-electron chi connectivity index (χ3n) is 5.36. The molecule has 0 aromatic heterocycles. The molecule has 0 unspecified atom stereocenters. The van der Waals surface area contributed by atoms with Crippen molar-refractivity contribution in [1.82, 2.24) is 5.32 Å². The molecule has 31 heavy (non-hydrogen) atoms. The molecule has 0 aliphatic carbocycles. The molecule has 1 aliphatic rings. The van der Waals surface area contributed by atoms with Crippen LogP contribution in [0.3, 0.4) is 0 Å². The summed E-state index contributed by atoms with van der Waals surface area (Å²) in [5, 5.41) is 3.34. The van der Waals surface area contributed by atoms with Gasteiger partial charge in [0.05, 0.1) is 17.0 Å². The second-order valence-corrected chi connectivity index (χ2v) is 10.5. The van der Waals surface area contributed by atoms with E-state index in [1.54, 1.807) is 6.07 Å². The largest absolute Gasteiger partial charge is 0.372 e. The lowest BCUT2D eigenvalue weighted by Gasteiger charge is -2.29. The van der Waals surface area contributed by atoms with Gasteiger partial charge in [0.15, 0.2) is 0 Å². The Hall–Kier alpha value is -1.96. The van der Waals surface area contributed by atoms with Crippen LogP contribution in [0, 0.1) is 0 Å². The van der Waals surface area contributed by atoms with Gasteiger partial charge >= 0.3 is 0 Å². The van der Waals surface area contributed by atoms with Crippen molar-refractivity contribution in [3.05, 3.63) is 58.1 Å². The lowest BCUT2D eigenvalue weighted by molar-refractivity contribution is -0.122. The molecule has 1 N–H and O–H groups in total. The highest BCUT2D eigenvalue weighted by molar-refractivity contribution is 7.92. The summed E-state index contributed by atoms with van der Waals surface area (Å²) >= 11 is 12.2. The van der Waals surface area contributed by atoms with Crippen LogP contribution in [0.2, 0.25) is 10.0 Å². The molecular weight excluding hydrogens is 457 g/mol. The molecule has 1 fully saturated rings. The summed E-state index contributed by atoms with van der Waals surface area (Å²) in [6.45, 7) is 3.96. The normalized spacial score (nSPS) is 15.4. The number of hydrogen-bond donors (Lipinski definition) is 1. The van der Waals surface area contributed by atoms with Crippen molar-refractivity contribution in [3.63, 3.8) is 0 Å². The van der Waals surface area contributed by atoms with E-state index in [-0.39, 0.29) is 10.7 Å². The van der Waals surface area contributed by atoms with Gasteiger partial charge in [-0.05, 0) is 62.1 Å². The van der Waals surface area contributed by atoms with Crippen LogP contribution in [0.25, 0.3) is 0 Å². The molecule has 2 aromatic carbocycles. The SMILES string of the molecule is C[C@H](C(=O)NCc1ccc(N2CCCCC2)cc1)N(c1cc(Cl)ccc1Cl)S(C)(=O)=O. The number of anilines is 2. The van der Waals surface area contributed by atoms with Crippen molar-refractivity contribution in [2.24, 2.45) is 0 Å². The third kappa shape index (κ3) is 6.05. The summed E-state index contributed by atoms with van der Waals surface area (Å²) in [4.78, 5) is 15.2. The van der Waals surface area contributed by atoms with E-state index >= 15 is 0 Å². The number of carbonyl (C=O) groups excluding carboxylic acids is 1. The molecule has 1 heterocycles. The van der Waals surface area contributed by atoms with Crippen LogP contribution in [0.15, 0.2) is 42.5 Å². The molecule has 0 saturated carbocycles. The van der Waals surface area contributed by atoms with Gasteiger partial charge in [-0.2, -0.15) is 0 Å². The standard InChI is InChI=1S/C22H27Cl2N3O3S/c1-16(27(31(2,29)30)21-14-18(23)8-11-20(21)24)22(28)25-15-17-6-9-19(10-7-17)26-12-4-3-5-13-26/h6-11,14,16H,3-5,12-13,15H2,1-2H3,(H,25,28)/t16-/m1/s1. The van der Waals surface area contributed by atoms with Gasteiger partial charge in [-0.15, -0.1) is 0 Å². The summed E-state index contributed by atoms with van der Waals surface area (Å²) in [6.07, 6.45) is 4.74. The lowest BCUT2D eigenvalue weighted by atomic mass is 10.1. The van der Waals surface area contributed by atoms with Crippen LogP contribution in [0.1, 0.15) is 31.7 Å². The van der Waals surface area contributed by atoms with Crippen molar-refractivity contribution in [2.45, 2.75) is 38.8 Å². The minimum atomic E-state index is -3.78. The summed E-state index contributed by atoms with van der Waals surface area (Å²) < 4.78 is 25.9. The predicted octanol–water partition coefficient (Wildman–Crippen LogP) is 4.45. The number of nitrogens with zero attached hydrogens (tertiary/aromatic N) is 2. The fourth-order valence-corrected chi connectivity index (χ4v) is 5.35. The van der Waals surface area contributed by atoms with Crippen LogP contribution in [0.5, 0.6) is 0 Å². The first-order chi connectivity index (χ1) is 14.7. The zero-order valence-corrected chi connectivity index (χ0v) is 20.0. The third-order valence-corrected chi connectivity index (χ3v) is 7.14. The number of benzene rings is 2. The minimum Gasteiger partial charge on any atom is -0.372 e. The molecule has 6 nitrogen and oxygen atoms in total. The van der Waals surface area contributed by atoms with Gasteiger partial charge in [-0.25, -0.2) is 8.42 Å². The molecule has 168 valence electrons. The Morgan fingerprint density at radius 1 is 1.10 bits per heavy atom. The number of sulfonamides is 1. The average molecular weight is 484 g/mol. The van der Waals surface area contributed by atoms with Gasteiger partial charge in [-0.1, -0.05) is 35.3 Å². The molecule has 1 amide bonds. The molecule has 1 saturated heterocycles. The van der Waals surface area contributed by atoms with E-state index in [2.05, 4.69) is 22.3 Å². The topological polar surface area (TPSA) is 69.7 Å². The van der Waals surface area contributed by atoms with E-state index in [0.717, 1.165) is 29.2 Å². The van der Waals surface area contributed by atoms with Gasteiger partial charge < -0.3 is 10.2 Å². The fourth-order valence-electron chi connectivity index (χ4n) is 3.75. The van der Waals surface area contributed by atoms with Crippen molar-refractivity contribution in [3.8, 4) is 0 Å². The minimum absolute atomic E-state index is 0.171. The highest BCUT2D eigenvalue weighted by Gasteiger charge is 2.30. The van der Waals surface area contributed by atoms with E-state index in [9.17, 15) is 13.2 Å². The van der Waals surface area contributed by atoms with Crippen LogP contribution < -0.4 is 14.5 Å². The lowest BCUT2D eigenvalue weighted by Crippen LogP contribution is -2.47. The highest BCUT2D eigenvalue weighted by Crippen LogP contribution is 2.32. The Kier molecular flexibility index (Phi) is 7.73. The van der Waals surface area contributed by atoms with E-state index in [0.29, 0.717) is 11.6 Å². The zero-order valence-electron chi connectivity index (χ0n) is 17.6. The molecule has 1 aliphatic heterocycles. The Morgan fingerprint density at radius 3 is 2.35 bits per heavy atom. The summed E-state index contributed by atoms with van der Waals surface area (Å²) in [7, 11) is -3.78. The van der Waals surface area contributed by atoms with Gasteiger partial charge in [0, 0.05) is 30.3 Å². The first-order valence-electron chi connectivity index (χ1n) is 10.2. The van der Waals surface area contributed by atoms with Crippen molar-refractivity contribution in [2.75, 3.05) is 28.6 Å². The number of rotatable bonds is 7. The van der Waals surface area contributed by atoms with Gasteiger partial charge in [0.25, 0.3) is 0 Å². The zero-order chi connectivity index (χ0) is 22.6. The number of hydrogen-bond acceptors (Lipinski definition) is 4. The Balaban J connectivity index is 1.69. The maximum absolute atomic E-state index is 12.8.